The van der Waals surface area contributed by atoms with Crippen LogP contribution >= 0.6 is 11.3 Å². The highest BCUT2D eigenvalue weighted by Gasteiger charge is 2.16. The van der Waals surface area contributed by atoms with Gasteiger partial charge in [0.15, 0.2) is 11.5 Å². The van der Waals surface area contributed by atoms with Crippen LogP contribution in [-0.2, 0) is 11.2 Å². The first-order valence-electron chi connectivity index (χ1n) is 5.74. The van der Waals surface area contributed by atoms with Gasteiger partial charge in [0.1, 0.15) is 6.29 Å². The zero-order valence-corrected chi connectivity index (χ0v) is 10.5. The second kappa shape index (κ2) is 4.82. The van der Waals surface area contributed by atoms with Gasteiger partial charge in [-0.1, -0.05) is 12.1 Å². The average Bonchev–Trinajstić information content (AvgIpc) is 3.06. The summed E-state index contributed by atoms with van der Waals surface area (Å²) in [6.45, 7) is 0.279. The van der Waals surface area contributed by atoms with Crippen molar-refractivity contribution in [2.24, 2.45) is 0 Å². The molecule has 0 fully saturated rings. The Morgan fingerprint density at radius 1 is 1.28 bits per heavy atom. The second-order valence-corrected chi connectivity index (χ2v) is 5.13. The fourth-order valence-electron chi connectivity index (χ4n) is 2.04. The van der Waals surface area contributed by atoms with E-state index in [0.29, 0.717) is 6.42 Å². The summed E-state index contributed by atoms with van der Waals surface area (Å²) >= 11 is 1.61. The molecule has 0 amide bonds. The van der Waals surface area contributed by atoms with Gasteiger partial charge in [-0.15, -0.1) is 11.3 Å². The van der Waals surface area contributed by atoms with Crippen LogP contribution in [0.5, 0.6) is 11.5 Å². The summed E-state index contributed by atoms with van der Waals surface area (Å²) in [7, 11) is 0. The number of fused-ring (bicyclic) bond motifs is 1. The molecule has 1 aromatic heterocycles. The molecule has 0 N–H and O–H groups in total. The van der Waals surface area contributed by atoms with Crippen LogP contribution in [0.25, 0.3) is 0 Å². The summed E-state index contributed by atoms with van der Waals surface area (Å²) in [4.78, 5) is 12.3. The van der Waals surface area contributed by atoms with Crippen molar-refractivity contribution in [1.82, 2.24) is 0 Å². The monoisotopic (exact) mass is 260 g/mol. The van der Waals surface area contributed by atoms with E-state index in [1.807, 2.05) is 35.7 Å². The Balaban J connectivity index is 1.81. The lowest BCUT2D eigenvalue weighted by Crippen LogP contribution is -2.02. The van der Waals surface area contributed by atoms with Crippen LogP contribution in [0.3, 0.4) is 0 Å². The van der Waals surface area contributed by atoms with Gasteiger partial charge in [0.05, 0.1) is 5.92 Å². The molecule has 1 atom stereocenters. The molecular weight excluding hydrogens is 248 g/mol. The third-order valence-electron chi connectivity index (χ3n) is 2.97. The molecule has 3 rings (SSSR count). The Kier molecular flexibility index (Phi) is 3.02. The molecule has 0 spiro atoms. The number of ether oxygens (including phenoxy) is 2. The van der Waals surface area contributed by atoms with E-state index in [1.165, 1.54) is 0 Å². The van der Waals surface area contributed by atoms with Gasteiger partial charge >= 0.3 is 0 Å². The van der Waals surface area contributed by atoms with Crippen LogP contribution in [0.1, 0.15) is 16.4 Å². The van der Waals surface area contributed by atoms with Gasteiger partial charge in [-0.2, -0.15) is 0 Å². The molecule has 92 valence electrons. The third-order valence-corrected chi connectivity index (χ3v) is 3.97. The molecule has 1 aliphatic rings. The highest BCUT2D eigenvalue weighted by atomic mass is 32.1. The van der Waals surface area contributed by atoms with Crippen molar-refractivity contribution >= 4 is 17.6 Å². The first-order valence-corrected chi connectivity index (χ1v) is 6.62. The first kappa shape index (κ1) is 11.3. The fourth-order valence-corrected chi connectivity index (χ4v) is 2.82. The number of rotatable bonds is 4. The molecule has 2 aromatic rings. The Hall–Kier alpha value is -1.81. The number of aldehydes is 1. The van der Waals surface area contributed by atoms with Crippen LogP contribution < -0.4 is 9.47 Å². The highest BCUT2D eigenvalue weighted by Crippen LogP contribution is 2.34. The number of hydrogen-bond acceptors (Lipinski definition) is 4. The Labute approximate surface area is 109 Å². The van der Waals surface area contributed by atoms with E-state index in [2.05, 4.69) is 0 Å². The van der Waals surface area contributed by atoms with Crippen molar-refractivity contribution in [2.45, 2.75) is 12.3 Å². The predicted octanol–water partition coefficient (Wildman–Crippen LogP) is 3.00. The topological polar surface area (TPSA) is 35.5 Å². The van der Waals surface area contributed by atoms with Crippen LogP contribution in [0.15, 0.2) is 35.7 Å². The van der Waals surface area contributed by atoms with Gasteiger partial charge in [-0.25, -0.2) is 0 Å². The maximum atomic E-state index is 11.2. The van der Waals surface area contributed by atoms with Crippen molar-refractivity contribution < 1.29 is 14.3 Å². The molecule has 0 aliphatic carbocycles. The molecule has 1 aliphatic heterocycles. The van der Waals surface area contributed by atoms with Crippen molar-refractivity contribution in [3.8, 4) is 11.5 Å². The highest BCUT2D eigenvalue weighted by molar-refractivity contribution is 7.10. The molecule has 1 aromatic carbocycles. The van der Waals surface area contributed by atoms with Gasteiger partial charge in [0.2, 0.25) is 6.79 Å². The number of hydrogen-bond donors (Lipinski definition) is 0. The maximum Gasteiger partial charge on any atom is 0.231 e. The lowest BCUT2D eigenvalue weighted by atomic mass is 9.99. The summed E-state index contributed by atoms with van der Waals surface area (Å²) in [6.07, 6.45) is 1.71. The number of benzene rings is 1. The van der Waals surface area contributed by atoms with Crippen molar-refractivity contribution in [2.75, 3.05) is 6.79 Å². The van der Waals surface area contributed by atoms with Crippen LogP contribution in [-0.4, -0.2) is 13.1 Å². The molecule has 18 heavy (non-hydrogen) atoms. The zero-order chi connectivity index (χ0) is 12.4. The third kappa shape index (κ3) is 2.11. The van der Waals surface area contributed by atoms with Gasteiger partial charge in [-0.05, 0) is 35.6 Å². The molecular formula is C14H12O3S. The fraction of sp³-hybridized carbons (Fsp3) is 0.214. The molecule has 0 bridgehead atoms. The average molecular weight is 260 g/mol. The molecule has 0 radical (unpaired) electrons. The van der Waals surface area contributed by atoms with E-state index in [0.717, 1.165) is 28.2 Å². The van der Waals surface area contributed by atoms with Crippen LogP contribution in [0, 0.1) is 0 Å². The summed E-state index contributed by atoms with van der Waals surface area (Å²) < 4.78 is 10.6. The van der Waals surface area contributed by atoms with E-state index in [4.69, 9.17) is 9.47 Å². The quantitative estimate of drug-likeness (QED) is 0.793. The number of thiophene rings is 1. The standard InChI is InChI=1S/C14H12O3S/c15-8-11(14-2-1-5-18-14)6-10-3-4-12-13(7-10)17-9-16-12/h1-5,7-8,11H,6,9H2. The SMILES string of the molecule is O=CC(Cc1ccc2c(c1)OCO2)c1cccs1. The summed E-state index contributed by atoms with van der Waals surface area (Å²) in [5.74, 6) is 1.46. The summed E-state index contributed by atoms with van der Waals surface area (Å²) in [5, 5.41) is 1.99. The lowest BCUT2D eigenvalue weighted by molar-refractivity contribution is -0.109. The van der Waals surface area contributed by atoms with Gasteiger partial charge in [-0.3, -0.25) is 0 Å². The second-order valence-electron chi connectivity index (χ2n) is 4.15. The first-order chi connectivity index (χ1) is 8.86. The van der Waals surface area contributed by atoms with Gasteiger partial charge < -0.3 is 14.3 Å². The minimum Gasteiger partial charge on any atom is -0.454 e. The van der Waals surface area contributed by atoms with E-state index < -0.39 is 0 Å². The minimum atomic E-state index is -0.0784. The molecule has 1 unspecified atom stereocenters. The van der Waals surface area contributed by atoms with Gasteiger partial charge in [0, 0.05) is 4.88 Å². The zero-order valence-electron chi connectivity index (χ0n) is 9.67. The summed E-state index contributed by atoms with van der Waals surface area (Å²) in [5.41, 5.74) is 1.09. The van der Waals surface area contributed by atoms with Crippen LogP contribution in [0.2, 0.25) is 0 Å². The predicted molar refractivity (Wildman–Crippen MR) is 69.4 cm³/mol. The Bertz CT molecular complexity index is 548. The van der Waals surface area contributed by atoms with Gasteiger partial charge in [0.25, 0.3) is 0 Å². The van der Waals surface area contributed by atoms with Crippen molar-refractivity contribution in [3.05, 3.63) is 46.2 Å². The molecule has 2 heterocycles. The van der Waals surface area contributed by atoms with E-state index in [9.17, 15) is 4.79 Å². The maximum absolute atomic E-state index is 11.2. The molecule has 0 saturated carbocycles. The van der Waals surface area contributed by atoms with Crippen LogP contribution in [0.4, 0.5) is 0 Å². The van der Waals surface area contributed by atoms with E-state index in [1.54, 1.807) is 11.3 Å². The molecule has 0 saturated heterocycles. The smallest absolute Gasteiger partial charge is 0.231 e. The van der Waals surface area contributed by atoms with Crippen molar-refractivity contribution in [1.29, 1.82) is 0 Å². The molecule has 4 heteroatoms. The minimum absolute atomic E-state index is 0.0784. The molecule has 3 nitrogen and oxygen atoms in total. The van der Waals surface area contributed by atoms with Crippen molar-refractivity contribution in [3.63, 3.8) is 0 Å². The lowest BCUT2D eigenvalue weighted by Gasteiger charge is -2.08. The normalized spacial score (nSPS) is 14.4. The number of carbonyl (C=O) groups is 1. The number of carbonyl (C=O) groups excluding carboxylic acids is 1. The van der Waals surface area contributed by atoms with E-state index >= 15 is 0 Å². The largest absolute Gasteiger partial charge is 0.454 e. The Morgan fingerprint density at radius 2 is 2.17 bits per heavy atom. The Morgan fingerprint density at radius 3 is 2.94 bits per heavy atom. The van der Waals surface area contributed by atoms with E-state index in [-0.39, 0.29) is 12.7 Å². The summed E-state index contributed by atoms with van der Waals surface area (Å²) in [6, 6.07) is 9.80.